The number of nitrogens with two attached hydrogens (primary N) is 1. The van der Waals surface area contributed by atoms with Crippen LogP contribution < -0.4 is 5.73 Å². The number of hydrogen-bond donors (Lipinski definition) is 1. The van der Waals surface area contributed by atoms with Crippen molar-refractivity contribution in [2.75, 3.05) is 39.5 Å². The molecule has 0 spiro atoms. The quantitative estimate of drug-likeness (QED) is 0.632. The standard InChI is InChI=1S/C8H18N2O2/c1-2-12-8(7-9)10-3-5-11-6-4-10/h8H,2-7,9H2,1H3. The van der Waals surface area contributed by atoms with E-state index >= 15 is 0 Å². The Morgan fingerprint density at radius 3 is 2.67 bits per heavy atom. The lowest BCUT2D eigenvalue weighted by Crippen LogP contribution is -2.48. The van der Waals surface area contributed by atoms with Gasteiger partial charge in [-0.15, -0.1) is 0 Å². The van der Waals surface area contributed by atoms with Crippen molar-refractivity contribution in [3.63, 3.8) is 0 Å². The van der Waals surface area contributed by atoms with E-state index in [0.717, 1.165) is 32.9 Å². The lowest BCUT2D eigenvalue weighted by molar-refractivity contribution is -0.0875. The molecule has 4 heteroatoms. The predicted octanol–water partition coefficient (Wildman–Crippen LogP) is -0.360. The van der Waals surface area contributed by atoms with Crippen LogP contribution in [0.5, 0.6) is 0 Å². The van der Waals surface area contributed by atoms with Crippen molar-refractivity contribution in [1.29, 1.82) is 0 Å². The summed E-state index contributed by atoms with van der Waals surface area (Å²) in [4.78, 5) is 2.23. The van der Waals surface area contributed by atoms with Gasteiger partial charge in [0.05, 0.1) is 13.2 Å². The van der Waals surface area contributed by atoms with E-state index in [1.807, 2.05) is 6.92 Å². The molecule has 0 saturated carbocycles. The Morgan fingerprint density at radius 1 is 1.50 bits per heavy atom. The molecule has 0 aromatic rings. The molecular weight excluding hydrogens is 156 g/mol. The zero-order valence-electron chi connectivity index (χ0n) is 7.66. The van der Waals surface area contributed by atoms with Gasteiger partial charge in [-0.1, -0.05) is 0 Å². The fraction of sp³-hybridized carbons (Fsp3) is 1.00. The number of hydrogen-bond acceptors (Lipinski definition) is 4. The minimum atomic E-state index is 0.0823. The zero-order valence-corrected chi connectivity index (χ0v) is 7.66. The molecule has 1 aliphatic rings. The first-order valence-electron chi connectivity index (χ1n) is 4.52. The Bertz CT molecular complexity index is 113. The first-order chi connectivity index (χ1) is 5.88. The van der Waals surface area contributed by atoms with Crippen LogP contribution in [0.25, 0.3) is 0 Å². The van der Waals surface area contributed by atoms with Gasteiger partial charge in [0.1, 0.15) is 6.23 Å². The Kier molecular flexibility index (Phi) is 4.53. The number of ether oxygens (including phenoxy) is 2. The average Bonchev–Trinajstić information content (AvgIpc) is 2.15. The van der Waals surface area contributed by atoms with Crippen molar-refractivity contribution >= 4 is 0 Å². The van der Waals surface area contributed by atoms with Gasteiger partial charge in [-0.3, -0.25) is 4.90 Å². The summed E-state index contributed by atoms with van der Waals surface area (Å²) in [6.45, 7) is 6.73. The van der Waals surface area contributed by atoms with Crippen LogP contribution in [0.4, 0.5) is 0 Å². The minimum Gasteiger partial charge on any atom is -0.379 e. The van der Waals surface area contributed by atoms with Crippen molar-refractivity contribution in [2.45, 2.75) is 13.2 Å². The molecule has 1 saturated heterocycles. The SMILES string of the molecule is CCOC(CN)N1CCOCC1. The smallest absolute Gasteiger partial charge is 0.123 e. The van der Waals surface area contributed by atoms with Crippen LogP contribution in [-0.4, -0.2) is 50.6 Å². The highest BCUT2D eigenvalue weighted by molar-refractivity contribution is 4.67. The maximum Gasteiger partial charge on any atom is 0.123 e. The van der Waals surface area contributed by atoms with Crippen LogP contribution in [0, 0.1) is 0 Å². The zero-order chi connectivity index (χ0) is 8.81. The minimum absolute atomic E-state index is 0.0823. The summed E-state index contributed by atoms with van der Waals surface area (Å²) >= 11 is 0. The first-order valence-corrected chi connectivity index (χ1v) is 4.52. The maximum absolute atomic E-state index is 5.58. The lowest BCUT2D eigenvalue weighted by atomic mass is 10.4. The van der Waals surface area contributed by atoms with Gasteiger partial charge in [-0.2, -0.15) is 0 Å². The fourth-order valence-electron chi connectivity index (χ4n) is 1.38. The molecule has 1 aliphatic heterocycles. The van der Waals surface area contributed by atoms with Crippen LogP contribution in [0.3, 0.4) is 0 Å². The van der Waals surface area contributed by atoms with Crippen LogP contribution in [0.15, 0.2) is 0 Å². The van der Waals surface area contributed by atoms with Crippen molar-refractivity contribution < 1.29 is 9.47 Å². The molecule has 0 aromatic heterocycles. The van der Waals surface area contributed by atoms with E-state index in [9.17, 15) is 0 Å². The second kappa shape index (κ2) is 5.48. The maximum atomic E-state index is 5.58. The third-order valence-corrected chi connectivity index (χ3v) is 2.01. The largest absolute Gasteiger partial charge is 0.379 e. The normalized spacial score (nSPS) is 22.5. The average molecular weight is 174 g/mol. The van der Waals surface area contributed by atoms with E-state index in [1.165, 1.54) is 0 Å². The van der Waals surface area contributed by atoms with E-state index in [-0.39, 0.29) is 6.23 Å². The van der Waals surface area contributed by atoms with Gasteiger partial charge in [0.25, 0.3) is 0 Å². The Morgan fingerprint density at radius 2 is 2.17 bits per heavy atom. The number of rotatable bonds is 4. The molecule has 72 valence electrons. The van der Waals surface area contributed by atoms with Gasteiger partial charge < -0.3 is 15.2 Å². The second-order valence-corrected chi connectivity index (χ2v) is 2.79. The van der Waals surface area contributed by atoms with Gasteiger partial charge >= 0.3 is 0 Å². The Hall–Kier alpha value is -0.160. The molecule has 0 radical (unpaired) electrons. The van der Waals surface area contributed by atoms with Crippen molar-refractivity contribution in [3.05, 3.63) is 0 Å². The molecule has 1 atom stereocenters. The van der Waals surface area contributed by atoms with Crippen molar-refractivity contribution in [1.82, 2.24) is 4.90 Å². The molecule has 0 aromatic carbocycles. The molecule has 0 aliphatic carbocycles. The highest BCUT2D eigenvalue weighted by atomic mass is 16.5. The monoisotopic (exact) mass is 174 g/mol. The number of morpholine rings is 1. The lowest BCUT2D eigenvalue weighted by Gasteiger charge is -2.33. The third-order valence-electron chi connectivity index (χ3n) is 2.01. The Balaban J connectivity index is 2.29. The summed E-state index contributed by atoms with van der Waals surface area (Å²) in [5.74, 6) is 0. The summed E-state index contributed by atoms with van der Waals surface area (Å²) in [5.41, 5.74) is 5.58. The molecule has 0 bridgehead atoms. The third kappa shape index (κ3) is 2.71. The van der Waals surface area contributed by atoms with Crippen LogP contribution in [0.2, 0.25) is 0 Å². The van der Waals surface area contributed by atoms with E-state index in [1.54, 1.807) is 0 Å². The molecule has 2 N–H and O–H groups in total. The summed E-state index contributed by atoms with van der Waals surface area (Å²) in [6, 6.07) is 0. The van der Waals surface area contributed by atoms with Gasteiger partial charge in [-0.25, -0.2) is 0 Å². The Labute approximate surface area is 73.6 Å². The van der Waals surface area contributed by atoms with Crippen molar-refractivity contribution in [3.8, 4) is 0 Å². The van der Waals surface area contributed by atoms with Gasteiger partial charge in [-0.05, 0) is 6.92 Å². The van der Waals surface area contributed by atoms with E-state index in [0.29, 0.717) is 6.54 Å². The van der Waals surface area contributed by atoms with E-state index in [4.69, 9.17) is 15.2 Å². The van der Waals surface area contributed by atoms with E-state index in [2.05, 4.69) is 4.90 Å². The first kappa shape index (κ1) is 9.92. The molecule has 0 amide bonds. The highest BCUT2D eigenvalue weighted by Crippen LogP contribution is 2.03. The fourth-order valence-corrected chi connectivity index (χ4v) is 1.38. The molecule has 1 rings (SSSR count). The molecule has 1 fully saturated rings. The summed E-state index contributed by atoms with van der Waals surface area (Å²) in [7, 11) is 0. The molecule has 12 heavy (non-hydrogen) atoms. The van der Waals surface area contributed by atoms with Gasteiger partial charge in [0.15, 0.2) is 0 Å². The predicted molar refractivity (Wildman–Crippen MR) is 46.9 cm³/mol. The summed E-state index contributed by atoms with van der Waals surface area (Å²) in [5, 5.41) is 0. The topological polar surface area (TPSA) is 47.7 Å². The van der Waals surface area contributed by atoms with Crippen LogP contribution in [-0.2, 0) is 9.47 Å². The number of nitrogens with zero attached hydrogens (tertiary/aromatic N) is 1. The summed E-state index contributed by atoms with van der Waals surface area (Å²) in [6.07, 6.45) is 0.0823. The molecule has 1 heterocycles. The van der Waals surface area contributed by atoms with Crippen molar-refractivity contribution in [2.24, 2.45) is 5.73 Å². The molecule has 4 nitrogen and oxygen atoms in total. The highest BCUT2D eigenvalue weighted by Gasteiger charge is 2.19. The van der Waals surface area contributed by atoms with Gasteiger partial charge in [0.2, 0.25) is 0 Å². The van der Waals surface area contributed by atoms with Crippen LogP contribution >= 0.6 is 0 Å². The van der Waals surface area contributed by atoms with Crippen LogP contribution in [0.1, 0.15) is 6.92 Å². The van der Waals surface area contributed by atoms with Gasteiger partial charge in [0, 0.05) is 26.2 Å². The summed E-state index contributed by atoms with van der Waals surface area (Å²) < 4.78 is 10.7. The molecular formula is C8H18N2O2. The second-order valence-electron chi connectivity index (χ2n) is 2.79. The van der Waals surface area contributed by atoms with E-state index < -0.39 is 0 Å². The molecule has 1 unspecified atom stereocenters.